The minimum atomic E-state index is -3.79. The van der Waals surface area contributed by atoms with Crippen molar-refractivity contribution in [2.24, 2.45) is 0 Å². The van der Waals surface area contributed by atoms with Crippen molar-refractivity contribution >= 4 is 20.9 Å². The molecule has 7 heteroatoms. The summed E-state index contributed by atoms with van der Waals surface area (Å²) in [5, 5.41) is 0.930. The summed E-state index contributed by atoms with van der Waals surface area (Å²) in [5.74, 6) is 0. The third-order valence-corrected chi connectivity index (χ3v) is 7.78. The van der Waals surface area contributed by atoms with Gasteiger partial charge in [-0.25, -0.2) is 8.42 Å². The number of H-pyrrole nitrogens is 1. The molecule has 1 fully saturated rings. The zero-order valence-corrected chi connectivity index (χ0v) is 19.0. The molecule has 31 heavy (non-hydrogen) atoms. The molecule has 0 amide bonds. The highest BCUT2D eigenvalue weighted by Gasteiger charge is 2.30. The lowest BCUT2D eigenvalue weighted by molar-refractivity contribution is 0.0925. The number of fused-ring (bicyclic) bond motifs is 1. The van der Waals surface area contributed by atoms with Crippen molar-refractivity contribution in [3.63, 3.8) is 0 Å². The molecule has 4 rings (SSSR count). The molecule has 1 saturated heterocycles. The van der Waals surface area contributed by atoms with Crippen LogP contribution >= 0.6 is 0 Å². The van der Waals surface area contributed by atoms with Crippen molar-refractivity contribution in [2.75, 3.05) is 13.2 Å². The highest BCUT2D eigenvalue weighted by atomic mass is 32.2. The summed E-state index contributed by atoms with van der Waals surface area (Å²) in [6.07, 6.45) is 1.56. The van der Waals surface area contributed by atoms with Crippen LogP contribution in [0.5, 0.6) is 0 Å². The van der Waals surface area contributed by atoms with Crippen molar-refractivity contribution in [3.8, 4) is 0 Å². The van der Waals surface area contributed by atoms with Gasteiger partial charge in [0.2, 0.25) is 10.0 Å². The van der Waals surface area contributed by atoms with E-state index in [1.165, 1.54) is 4.31 Å². The van der Waals surface area contributed by atoms with Crippen LogP contribution in [-0.2, 0) is 21.3 Å². The second kappa shape index (κ2) is 8.57. The molecular formula is C24H28N2O4S. The molecule has 0 spiro atoms. The lowest BCUT2D eigenvalue weighted by atomic mass is 10.0. The predicted octanol–water partition coefficient (Wildman–Crippen LogP) is 3.82. The first-order valence-electron chi connectivity index (χ1n) is 10.6. The molecule has 3 aromatic rings. The second-order valence-electron chi connectivity index (χ2n) is 8.36. The van der Waals surface area contributed by atoms with Crippen LogP contribution in [0.1, 0.15) is 35.1 Å². The normalized spacial score (nSPS) is 17.0. The van der Waals surface area contributed by atoms with Crippen molar-refractivity contribution < 1.29 is 13.2 Å². The van der Waals surface area contributed by atoms with Gasteiger partial charge in [-0.05, 0) is 62.9 Å². The lowest BCUT2D eigenvalue weighted by Gasteiger charge is -2.25. The molecule has 1 atom stereocenters. The van der Waals surface area contributed by atoms with Crippen LogP contribution in [0.4, 0.5) is 0 Å². The summed E-state index contributed by atoms with van der Waals surface area (Å²) in [7, 11) is -3.79. The van der Waals surface area contributed by atoms with E-state index in [4.69, 9.17) is 4.74 Å². The maximum atomic E-state index is 13.5. The van der Waals surface area contributed by atoms with Crippen LogP contribution in [0.15, 0.2) is 52.2 Å². The molecular weight excluding hydrogens is 412 g/mol. The van der Waals surface area contributed by atoms with Gasteiger partial charge in [0, 0.05) is 30.6 Å². The number of rotatable bonds is 6. The van der Waals surface area contributed by atoms with E-state index in [0.29, 0.717) is 12.2 Å². The summed E-state index contributed by atoms with van der Waals surface area (Å²) in [6, 6.07) is 12.6. The number of ether oxygens (including phenoxy) is 1. The van der Waals surface area contributed by atoms with E-state index in [1.807, 2.05) is 39.0 Å². The van der Waals surface area contributed by atoms with Gasteiger partial charge in [0.15, 0.2) is 0 Å². The van der Waals surface area contributed by atoms with Crippen LogP contribution in [0.3, 0.4) is 0 Å². The Hall–Kier alpha value is -2.48. The van der Waals surface area contributed by atoms with Gasteiger partial charge < -0.3 is 9.72 Å². The van der Waals surface area contributed by atoms with E-state index >= 15 is 0 Å². The maximum Gasteiger partial charge on any atom is 0.252 e. The first kappa shape index (κ1) is 21.7. The fourth-order valence-electron chi connectivity index (χ4n) is 4.05. The topological polar surface area (TPSA) is 79.5 Å². The number of hydrogen-bond acceptors (Lipinski definition) is 4. The van der Waals surface area contributed by atoms with Gasteiger partial charge in [-0.3, -0.25) is 4.79 Å². The fourth-order valence-corrected chi connectivity index (χ4v) is 5.50. The van der Waals surface area contributed by atoms with Crippen LogP contribution in [0.2, 0.25) is 0 Å². The predicted molar refractivity (Wildman–Crippen MR) is 122 cm³/mol. The molecule has 1 aromatic heterocycles. The number of benzene rings is 2. The molecule has 0 aliphatic carbocycles. The van der Waals surface area contributed by atoms with Gasteiger partial charge in [0.25, 0.3) is 5.56 Å². The first-order valence-corrected chi connectivity index (χ1v) is 12.0. The van der Waals surface area contributed by atoms with Gasteiger partial charge in [-0.1, -0.05) is 29.8 Å². The molecule has 1 aliphatic heterocycles. The first-order chi connectivity index (χ1) is 14.8. The van der Waals surface area contributed by atoms with Gasteiger partial charge >= 0.3 is 0 Å². The highest BCUT2D eigenvalue weighted by Crippen LogP contribution is 2.24. The van der Waals surface area contributed by atoms with Gasteiger partial charge in [0.05, 0.1) is 16.5 Å². The Morgan fingerprint density at radius 1 is 1.06 bits per heavy atom. The Morgan fingerprint density at radius 3 is 2.45 bits per heavy atom. The standard InChI is InChI=1S/C24H28N2O4S/c1-16-6-10-21(11-7-16)31(28,29)26(15-20-5-4-12-30-20)14-19-13-22-17(2)8-9-18(3)23(22)25-24(19)27/h6-11,13,20H,4-5,12,14-15H2,1-3H3,(H,25,27)/t20-/m0/s1. The third-order valence-electron chi connectivity index (χ3n) is 5.96. The summed E-state index contributed by atoms with van der Waals surface area (Å²) in [6.45, 7) is 6.70. The Kier molecular flexibility index (Phi) is 6.01. The Balaban J connectivity index is 1.76. The summed E-state index contributed by atoms with van der Waals surface area (Å²) >= 11 is 0. The molecule has 6 nitrogen and oxygen atoms in total. The van der Waals surface area contributed by atoms with Crippen molar-refractivity contribution in [2.45, 2.75) is 51.2 Å². The molecule has 2 aromatic carbocycles. The molecule has 2 heterocycles. The van der Waals surface area contributed by atoms with E-state index in [2.05, 4.69) is 4.98 Å². The van der Waals surface area contributed by atoms with Crippen molar-refractivity contribution in [1.82, 2.24) is 9.29 Å². The average Bonchev–Trinajstić information content (AvgIpc) is 3.25. The van der Waals surface area contributed by atoms with Crippen LogP contribution in [-0.4, -0.2) is 37.0 Å². The van der Waals surface area contributed by atoms with Crippen molar-refractivity contribution in [3.05, 3.63) is 75.1 Å². The smallest absolute Gasteiger partial charge is 0.252 e. The molecule has 0 radical (unpaired) electrons. The molecule has 0 saturated carbocycles. The van der Waals surface area contributed by atoms with Gasteiger partial charge in [-0.2, -0.15) is 4.31 Å². The average molecular weight is 441 g/mol. The van der Waals surface area contributed by atoms with E-state index in [-0.39, 0.29) is 29.6 Å². The minimum absolute atomic E-state index is 0.00523. The quantitative estimate of drug-likeness (QED) is 0.632. The highest BCUT2D eigenvalue weighted by molar-refractivity contribution is 7.89. The number of sulfonamides is 1. The summed E-state index contributed by atoms with van der Waals surface area (Å²) in [5.41, 5.74) is 3.95. The number of aromatic amines is 1. The lowest BCUT2D eigenvalue weighted by Crippen LogP contribution is -2.38. The maximum absolute atomic E-state index is 13.5. The van der Waals surface area contributed by atoms with Crippen LogP contribution in [0.25, 0.3) is 10.9 Å². The second-order valence-corrected chi connectivity index (χ2v) is 10.3. The number of hydrogen-bond donors (Lipinski definition) is 1. The monoisotopic (exact) mass is 440 g/mol. The van der Waals surface area contributed by atoms with Crippen molar-refractivity contribution in [1.29, 1.82) is 0 Å². The summed E-state index contributed by atoms with van der Waals surface area (Å²) < 4.78 is 34.1. The largest absolute Gasteiger partial charge is 0.377 e. The Labute approximate surface area is 182 Å². The zero-order valence-electron chi connectivity index (χ0n) is 18.1. The van der Waals surface area contributed by atoms with E-state index in [1.54, 1.807) is 24.3 Å². The third kappa shape index (κ3) is 4.44. The number of aryl methyl sites for hydroxylation is 3. The fraction of sp³-hybridized carbons (Fsp3) is 0.375. The molecule has 0 unspecified atom stereocenters. The number of pyridine rings is 1. The number of nitrogens with zero attached hydrogens (tertiary/aromatic N) is 1. The van der Waals surface area contributed by atoms with E-state index < -0.39 is 10.0 Å². The molecule has 0 bridgehead atoms. The number of aromatic nitrogens is 1. The zero-order chi connectivity index (χ0) is 22.2. The molecule has 1 N–H and O–H groups in total. The molecule has 164 valence electrons. The SMILES string of the molecule is Cc1ccc(S(=O)(=O)N(Cc2cc3c(C)ccc(C)c3[nH]c2=O)C[C@@H]2CCCO2)cc1. The van der Waals surface area contributed by atoms with Crippen LogP contribution < -0.4 is 5.56 Å². The number of nitrogens with one attached hydrogen (secondary N) is 1. The minimum Gasteiger partial charge on any atom is -0.377 e. The van der Waals surface area contributed by atoms with Gasteiger partial charge in [-0.15, -0.1) is 0 Å². The Morgan fingerprint density at radius 2 is 1.77 bits per heavy atom. The van der Waals surface area contributed by atoms with Crippen LogP contribution in [0, 0.1) is 20.8 Å². The van der Waals surface area contributed by atoms with Gasteiger partial charge in [0.1, 0.15) is 0 Å². The Bertz CT molecular complexity index is 1260. The molecule has 1 aliphatic rings. The van der Waals surface area contributed by atoms with E-state index in [0.717, 1.165) is 40.4 Å². The summed E-state index contributed by atoms with van der Waals surface area (Å²) in [4.78, 5) is 16.0. The van der Waals surface area contributed by atoms with E-state index in [9.17, 15) is 13.2 Å².